The number of likely N-dealkylation sites (N-methyl/N-ethyl adjacent to an activating group) is 1. The van der Waals surface area contributed by atoms with Gasteiger partial charge in [0.2, 0.25) is 11.8 Å². The van der Waals surface area contributed by atoms with Crippen molar-refractivity contribution in [2.75, 3.05) is 18.9 Å². The highest BCUT2D eigenvalue weighted by atomic mass is 16.5. The van der Waals surface area contributed by atoms with Gasteiger partial charge in [0.1, 0.15) is 12.4 Å². The van der Waals surface area contributed by atoms with Crippen molar-refractivity contribution in [3.05, 3.63) is 60.2 Å². The first-order chi connectivity index (χ1) is 13.5. The molecular weight excluding hydrogens is 354 g/mol. The van der Waals surface area contributed by atoms with Gasteiger partial charge in [0.25, 0.3) is 0 Å². The Labute approximate surface area is 165 Å². The van der Waals surface area contributed by atoms with Crippen LogP contribution >= 0.6 is 0 Å². The van der Waals surface area contributed by atoms with Crippen molar-refractivity contribution < 1.29 is 14.3 Å². The van der Waals surface area contributed by atoms with Gasteiger partial charge >= 0.3 is 0 Å². The second-order valence-electron chi connectivity index (χ2n) is 7.10. The Hall–Kier alpha value is -2.86. The Morgan fingerprint density at radius 3 is 2.50 bits per heavy atom. The SMILES string of the molecule is CCC(=O)NC1CC(C(=O)Nc2ccc(OCc3ccccc3)cc2)N(C)C1. The summed E-state index contributed by atoms with van der Waals surface area (Å²) in [6.07, 6.45) is 1.07. The standard InChI is InChI=1S/C22H27N3O3/c1-3-21(26)23-18-13-20(25(2)14-18)22(27)24-17-9-11-19(12-10-17)28-15-16-7-5-4-6-8-16/h4-12,18,20H,3,13-15H2,1-2H3,(H,23,26)(H,24,27). The Bertz CT molecular complexity index is 792. The molecule has 1 aliphatic rings. The Morgan fingerprint density at radius 1 is 1.11 bits per heavy atom. The van der Waals surface area contributed by atoms with Crippen LogP contribution in [-0.2, 0) is 16.2 Å². The number of amides is 2. The zero-order valence-corrected chi connectivity index (χ0v) is 16.4. The average molecular weight is 381 g/mol. The minimum Gasteiger partial charge on any atom is -0.489 e. The number of benzene rings is 2. The molecule has 148 valence electrons. The lowest BCUT2D eigenvalue weighted by Gasteiger charge is -2.18. The minimum atomic E-state index is -0.254. The highest BCUT2D eigenvalue weighted by Crippen LogP contribution is 2.20. The lowest BCUT2D eigenvalue weighted by molar-refractivity contribution is -0.122. The van der Waals surface area contributed by atoms with Crippen molar-refractivity contribution in [2.24, 2.45) is 0 Å². The summed E-state index contributed by atoms with van der Waals surface area (Å²) >= 11 is 0. The largest absolute Gasteiger partial charge is 0.489 e. The highest BCUT2D eigenvalue weighted by Gasteiger charge is 2.34. The van der Waals surface area contributed by atoms with Crippen molar-refractivity contribution in [3.63, 3.8) is 0 Å². The van der Waals surface area contributed by atoms with Gasteiger partial charge in [0.05, 0.1) is 6.04 Å². The molecule has 1 saturated heterocycles. The maximum atomic E-state index is 12.6. The highest BCUT2D eigenvalue weighted by molar-refractivity contribution is 5.95. The topological polar surface area (TPSA) is 70.7 Å². The van der Waals surface area contributed by atoms with E-state index >= 15 is 0 Å². The normalized spacial score (nSPS) is 19.2. The van der Waals surface area contributed by atoms with Crippen LogP contribution in [0.4, 0.5) is 5.69 Å². The van der Waals surface area contributed by atoms with Gasteiger partial charge in [0.15, 0.2) is 0 Å². The van der Waals surface area contributed by atoms with Gasteiger partial charge in [-0.05, 0) is 43.3 Å². The number of ether oxygens (including phenoxy) is 1. The van der Waals surface area contributed by atoms with Crippen LogP contribution in [0.5, 0.6) is 5.75 Å². The molecule has 6 heteroatoms. The average Bonchev–Trinajstić information content (AvgIpc) is 3.08. The summed E-state index contributed by atoms with van der Waals surface area (Å²) < 4.78 is 5.77. The van der Waals surface area contributed by atoms with E-state index in [0.29, 0.717) is 26.0 Å². The number of likely N-dealkylation sites (tertiary alicyclic amines) is 1. The lowest BCUT2D eigenvalue weighted by atomic mass is 10.1. The van der Waals surface area contributed by atoms with Crippen LogP contribution in [0.15, 0.2) is 54.6 Å². The smallest absolute Gasteiger partial charge is 0.241 e. The van der Waals surface area contributed by atoms with Crippen molar-refractivity contribution in [1.82, 2.24) is 10.2 Å². The maximum absolute atomic E-state index is 12.6. The Balaban J connectivity index is 1.51. The first kappa shape index (κ1) is 19.9. The molecule has 2 amide bonds. The summed E-state index contributed by atoms with van der Waals surface area (Å²) in [5.74, 6) is 0.710. The zero-order valence-electron chi connectivity index (χ0n) is 16.4. The van der Waals surface area contributed by atoms with E-state index in [2.05, 4.69) is 10.6 Å². The number of nitrogens with one attached hydrogen (secondary N) is 2. The summed E-state index contributed by atoms with van der Waals surface area (Å²) in [5.41, 5.74) is 1.83. The molecule has 3 rings (SSSR count). The quantitative estimate of drug-likeness (QED) is 0.774. The molecule has 0 spiro atoms. The van der Waals surface area contributed by atoms with Gasteiger partial charge < -0.3 is 15.4 Å². The molecule has 2 aromatic carbocycles. The van der Waals surface area contributed by atoms with Crippen molar-refractivity contribution in [2.45, 2.75) is 38.5 Å². The van der Waals surface area contributed by atoms with E-state index in [9.17, 15) is 9.59 Å². The fraction of sp³-hybridized carbons (Fsp3) is 0.364. The molecule has 0 bridgehead atoms. The summed E-state index contributed by atoms with van der Waals surface area (Å²) in [5, 5.41) is 5.92. The van der Waals surface area contributed by atoms with E-state index in [1.807, 2.05) is 73.5 Å². The number of nitrogens with zero attached hydrogens (tertiary/aromatic N) is 1. The van der Waals surface area contributed by atoms with Gasteiger partial charge in [0, 0.05) is 24.7 Å². The second-order valence-corrected chi connectivity index (χ2v) is 7.10. The van der Waals surface area contributed by atoms with E-state index in [1.54, 1.807) is 0 Å². The predicted molar refractivity (Wildman–Crippen MR) is 109 cm³/mol. The fourth-order valence-electron chi connectivity index (χ4n) is 3.34. The molecule has 28 heavy (non-hydrogen) atoms. The molecule has 1 heterocycles. The van der Waals surface area contributed by atoms with E-state index in [4.69, 9.17) is 4.74 Å². The molecule has 2 aromatic rings. The molecule has 0 aliphatic carbocycles. The van der Waals surface area contributed by atoms with Crippen LogP contribution in [0.2, 0.25) is 0 Å². The fourth-order valence-corrected chi connectivity index (χ4v) is 3.34. The number of rotatable bonds is 7. The van der Waals surface area contributed by atoms with Crippen molar-refractivity contribution in [1.29, 1.82) is 0 Å². The molecule has 2 unspecified atom stereocenters. The molecular formula is C22H27N3O3. The van der Waals surface area contributed by atoms with Gasteiger partial charge in [-0.25, -0.2) is 0 Å². The summed E-state index contributed by atoms with van der Waals surface area (Å²) in [6.45, 7) is 3.01. The van der Waals surface area contributed by atoms with E-state index < -0.39 is 0 Å². The van der Waals surface area contributed by atoms with E-state index in [1.165, 1.54) is 0 Å². The lowest BCUT2D eigenvalue weighted by Crippen LogP contribution is -2.37. The van der Waals surface area contributed by atoms with Gasteiger partial charge in [-0.2, -0.15) is 0 Å². The number of anilines is 1. The van der Waals surface area contributed by atoms with Crippen LogP contribution in [0.25, 0.3) is 0 Å². The van der Waals surface area contributed by atoms with Crippen molar-refractivity contribution in [3.8, 4) is 5.75 Å². The number of hydrogen-bond donors (Lipinski definition) is 2. The molecule has 0 radical (unpaired) electrons. The molecule has 1 aliphatic heterocycles. The molecule has 0 aromatic heterocycles. The van der Waals surface area contributed by atoms with Crippen LogP contribution in [-0.4, -0.2) is 42.4 Å². The van der Waals surface area contributed by atoms with Crippen LogP contribution in [0.1, 0.15) is 25.3 Å². The summed E-state index contributed by atoms with van der Waals surface area (Å²) in [7, 11) is 1.91. The molecule has 2 atom stereocenters. The zero-order chi connectivity index (χ0) is 19.9. The molecule has 0 saturated carbocycles. The Kier molecular flexibility index (Phi) is 6.66. The first-order valence-corrected chi connectivity index (χ1v) is 9.62. The van der Waals surface area contributed by atoms with Crippen LogP contribution in [0.3, 0.4) is 0 Å². The number of hydrogen-bond acceptors (Lipinski definition) is 4. The maximum Gasteiger partial charge on any atom is 0.241 e. The first-order valence-electron chi connectivity index (χ1n) is 9.62. The number of carbonyl (C=O) groups excluding carboxylic acids is 2. The van der Waals surface area contributed by atoms with Gasteiger partial charge in [-0.1, -0.05) is 37.3 Å². The third-order valence-corrected chi connectivity index (χ3v) is 4.91. The molecule has 1 fully saturated rings. The van der Waals surface area contributed by atoms with E-state index in [-0.39, 0.29) is 23.9 Å². The van der Waals surface area contributed by atoms with Gasteiger partial charge in [-0.3, -0.25) is 14.5 Å². The monoisotopic (exact) mass is 381 g/mol. The number of carbonyl (C=O) groups is 2. The minimum absolute atomic E-state index is 0.0157. The second kappa shape index (κ2) is 9.37. The molecule has 6 nitrogen and oxygen atoms in total. The molecule has 2 N–H and O–H groups in total. The summed E-state index contributed by atoms with van der Waals surface area (Å²) in [4.78, 5) is 26.2. The van der Waals surface area contributed by atoms with Crippen LogP contribution in [0, 0.1) is 0 Å². The van der Waals surface area contributed by atoms with E-state index in [0.717, 1.165) is 17.0 Å². The van der Waals surface area contributed by atoms with Crippen molar-refractivity contribution >= 4 is 17.5 Å². The Morgan fingerprint density at radius 2 is 1.82 bits per heavy atom. The predicted octanol–water partition coefficient (Wildman–Crippen LogP) is 2.80. The van der Waals surface area contributed by atoms with Gasteiger partial charge in [-0.15, -0.1) is 0 Å². The van der Waals surface area contributed by atoms with Crippen LogP contribution < -0.4 is 15.4 Å². The summed E-state index contributed by atoms with van der Waals surface area (Å²) in [6, 6.07) is 17.1. The third-order valence-electron chi connectivity index (χ3n) is 4.91. The third kappa shape index (κ3) is 5.33.